The molecule has 1 aliphatic heterocycles. The number of anilines is 1. The maximum atomic E-state index is 11.3. The Labute approximate surface area is 103 Å². The number of amides is 1. The first kappa shape index (κ1) is 10.4. The fourth-order valence-electron chi connectivity index (χ4n) is 2.26. The Hall–Kier alpha value is -1.75. The van der Waals surface area contributed by atoms with Crippen LogP contribution in [0.5, 0.6) is 0 Å². The quantitative estimate of drug-likeness (QED) is 0.802. The molecule has 17 heavy (non-hydrogen) atoms. The number of nitrogens with two attached hydrogens (primary N) is 1. The summed E-state index contributed by atoms with van der Waals surface area (Å²) in [5.41, 5.74) is 7.46. The summed E-state index contributed by atoms with van der Waals surface area (Å²) in [7, 11) is 0. The number of aromatic nitrogens is 2. The Bertz CT molecular complexity index is 607. The van der Waals surface area contributed by atoms with Crippen LogP contribution in [0.4, 0.5) is 5.95 Å². The number of imidazole rings is 1. The minimum Gasteiger partial charge on any atom is -0.369 e. The van der Waals surface area contributed by atoms with Crippen LogP contribution in [0.1, 0.15) is 12.5 Å². The van der Waals surface area contributed by atoms with Gasteiger partial charge < -0.3 is 15.6 Å². The van der Waals surface area contributed by atoms with Gasteiger partial charge in [0.15, 0.2) is 0 Å². The van der Waals surface area contributed by atoms with Crippen LogP contribution in [-0.4, -0.2) is 22.0 Å². The van der Waals surface area contributed by atoms with E-state index in [4.69, 9.17) is 17.3 Å². The van der Waals surface area contributed by atoms with Crippen LogP contribution in [-0.2, 0) is 4.79 Å². The molecule has 0 spiro atoms. The zero-order chi connectivity index (χ0) is 12.0. The Kier molecular flexibility index (Phi) is 2.22. The number of nitrogen functional groups attached to an aromatic ring is 1. The average molecular weight is 251 g/mol. The third-order valence-electron chi connectivity index (χ3n) is 3.02. The highest BCUT2D eigenvalue weighted by Gasteiger charge is 2.26. The van der Waals surface area contributed by atoms with Gasteiger partial charge in [-0.2, -0.15) is 0 Å². The van der Waals surface area contributed by atoms with Crippen molar-refractivity contribution in [2.75, 3.05) is 12.3 Å². The lowest BCUT2D eigenvalue weighted by molar-refractivity contribution is -0.119. The molecule has 3 N–H and O–H groups in total. The Morgan fingerprint density at radius 3 is 3.06 bits per heavy atom. The second-order valence-corrected chi connectivity index (χ2v) is 4.52. The summed E-state index contributed by atoms with van der Waals surface area (Å²) in [5, 5.41) is 3.36. The molecule has 3 rings (SSSR count). The van der Waals surface area contributed by atoms with E-state index in [2.05, 4.69) is 10.3 Å². The average Bonchev–Trinajstić information content (AvgIpc) is 2.82. The molecule has 1 aliphatic rings. The van der Waals surface area contributed by atoms with Crippen LogP contribution in [0.2, 0.25) is 5.02 Å². The monoisotopic (exact) mass is 250 g/mol. The summed E-state index contributed by atoms with van der Waals surface area (Å²) < 4.78 is 1.87. The van der Waals surface area contributed by atoms with Crippen molar-refractivity contribution < 1.29 is 4.79 Å². The van der Waals surface area contributed by atoms with Crippen LogP contribution >= 0.6 is 11.6 Å². The second-order valence-electron chi connectivity index (χ2n) is 4.11. The maximum Gasteiger partial charge on any atom is 0.222 e. The van der Waals surface area contributed by atoms with Crippen molar-refractivity contribution in [1.82, 2.24) is 14.9 Å². The van der Waals surface area contributed by atoms with Gasteiger partial charge >= 0.3 is 0 Å². The van der Waals surface area contributed by atoms with Crippen LogP contribution < -0.4 is 11.1 Å². The molecule has 0 radical (unpaired) electrons. The third-order valence-corrected chi connectivity index (χ3v) is 3.32. The number of carbonyl (C=O) groups excluding carboxylic acids is 1. The molecule has 1 aromatic heterocycles. The molecule has 1 aromatic carbocycles. The Morgan fingerprint density at radius 2 is 2.35 bits per heavy atom. The first-order chi connectivity index (χ1) is 8.16. The summed E-state index contributed by atoms with van der Waals surface area (Å²) in [5.74, 6) is 0.438. The second kappa shape index (κ2) is 3.63. The highest BCUT2D eigenvalue weighted by Crippen LogP contribution is 2.30. The van der Waals surface area contributed by atoms with Gasteiger partial charge in [0.25, 0.3) is 0 Å². The lowest BCUT2D eigenvalue weighted by Gasteiger charge is -2.12. The van der Waals surface area contributed by atoms with Crippen molar-refractivity contribution >= 4 is 34.5 Å². The summed E-state index contributed by atoms with van der Waals surface area (Å²) in [4.78, 5) is 15.5. The molecule has 0 aliphatic carbocycles. The van der Waals surface area contributed by atoms with E-state index in [1.165, 1.54) is 0 Å². The van der Waals surface area contributed by atoms with Gasteiger partial charge in [0.1, 0.15) is 5.52 Å². The fourth-order valence-corrected chi connectivity index (χ4v) is 2.47. The predicted molar refractivity (Wildman–Crippen MR) is 65.8 cm³/mol. The number of rotatable bonds is 1. The highest BCUT2D eigenvalue weighted by atomic mass is 35.5. The lowest BCUT2D eigenvalue weighted by Crippen LogP contribution is -2.16. The smallest absolute Gasteiger partial charge is 0.222 e. The maximum absolute atomic E-state index is 11.3. The van der Waals surface area contributed by atoms with Crippen LogP contribution in [0.25, 0.3) is 11.0 Å². The van der Waals surface area contributed by atoms with Crippen LogP contribution in [0, 0.1) is 0 Å². The summed E-state index contributed by atoms with van der Waals surface area (Å²) in [6.07, 6.45) is 0.433. The summed E-state index contributed by atoms with van der Waals surface area (Å²) >= 11 is 6.06. The minimum absolute atomic E-state index is 0.0194. The van der Waals surface area contributed by atoms with Gasteiger partial charge in [0.2, 0.25) is 11.9 Å². The van der Waals surface area contributed by atoms with E-state index >= 15 is 0 Å². The number of halogens is 1. The number of fused-ring (bicyclic) bond motifs is 1. The van der Waals surface area contributed by atoms with Crippen molar-refractivity contribution in [2.45, 2.75) is 12.5 Å². The molecule has 1 saturated heterocycles. The normalized spacial score (nSPS) is 19.8. The van der Waals surface area contributed by atoms with E-state index in [1.807, 2.05) is 16.7 Å². The van der Waals surface area contributed by atoms with E-state index in [1.54, 1.807) is 6.07 Å². The molecule has 2 heterocycles. The van der Waals surface area contributed by atoms with Crippen molar-refractivity contribution in [3.63, 3.8) is 0 Å². The number of para-hydroxylation sites is 1. The van der Waals surface area contributed by atoms with E-state index in [9.17, 15) is 4.79 Å². The zero-order valence-corrected chi connectivity index (χ0v) is 9.74. The summed E-state index contributed by atoms with van der Waals surface area (Å²) in [6, 6.07) is 5.56. The van der Waals surface area contributed by atoms with Gasteiger partial charge in [0.05, 0.1) is 16.6 Å². The third kappa shape index (κ3) is 1.54. The molecule has 6 heteroatoms. The standard InChI is InChI=1S/C11H11ClN4O/c12-7-2-1-3-8-10(7)15-11(13)16(8)6-4-9(17)14-5-6/h1-3,6H,4-5H2,(H2,13,15)(H,14,17). The van der Waals surface area contributed by atoms with Gasteiger partial charge in [-0.3, -0.25) is 4.79 Å². The molecule has 1 amide bonds. The number of nitrogens with zero attached hydrogens (tertiary/aromatic N) is 2. The molecule has 0 bridgehead atoms. The Balaban J connectivity index is 2.19. The van der Waals surface area contributed by atoms with Gasteiger partial charge in [-0.05, 0) is 12.1 Å². The number of nitrogens with one attached hydrogen (secondary N) is 1. The van der Waals surface area contributed by atoms with Crippen molar-refractivity contribution in [3.05, 3.63) is 23.2 Å². The molecule has 1 fully saturated rings. The van der Waals surface area contributed by atoms with E-state index in [0.29, 0.717) is 29.5 Å². The molecule has 88 valence electrons. The van der Waals surface area contributed by atoms with Gasteiger partial charge in [0, 0.05) is 13.0 Å². The molecular formula is C11H11ClN4O. The zero-order valence-electron chi connectivity index (χ0n) is 8.98. The molecular weight excluding hydrogens is 240 g/mol. The minimum atomic E-state index is 0.0194. The number of benzene rings is 1. The van der Waals surface area contributed by atoms with Gasteiger partial charge in [-0.15, -0.1) is 0 Å². The van der Waals surface area contributed by atoms with E-state index in [-0.39, 0.29) is 11.9 Å². The van der Waals surface area contributed by atoms with Crippen LogP contribution in [0.3, 0.4) is 0 Å². The Morgan fingerprint density at radius 1 is 1.53 bits per heavy atom. The molecule has 5 nitrogen and oxygen atoms in total. The molecule has 2 aromatic rings. The first-order valence-corrected chi connectivity index (χ1v) is 5.73. The molecule has 1 atom stereocenters. The SMILES string of the molecule is Nc1nc2c(Cl)cccc2n1C1CNC(=O)C1. The highest BCUT2D eigenvalue weighted by molar-refractivity contribution is 6.35. The van der Waals surface area contributed by atoms with Crippen molar-refractivity contribution in [2.24, 2.45) is 0 Å². The van der Waals surface area contributed by atoms with Crippen molar-refractivity contribution in [3.8, 4) is 0 Å². The lowest BCUT2D eigenvalue weighted by atomic mass is 10.2. The van der Waals surface area contributed by atoms with E-state index in [0.717, 1.165) is 5.52 Å². The topological polar surface area (TPSA) is 72.9 Å². The van der Waals surface area contributed by atoms with Gasteiger partial charge in [-0.25, -0.2) is 4.98 Å². The van der Waals surface area contributed by atoms with Gasteiger partial charge in [-0.1, -0.05) is 17.7 Å². The molecule has 1 unspecified atom stereocenters. The number of hydrogen-bond donors (Lipinski definition) is 2. The van der Waals surface area contributed by atoms with Crippen molar-refractivity contribution in [1.29, 1.82) is 0 Å². The van der Waals surface area contributed by atoms with E-state index < -0.39 is 0 Å². The fraction of sp³-hybridized carbons (Fsp3) is 0.273. The van der Waals surface area contributed by atoms with Crippen LogP contribution in [0.15, 0.2) is 18.2 Å². The largest absolute Gasteiger partial charge is 0.369 e. The summed E-state index contributed by atoms with van der Waals surface area (Å²) in [6.45, 7) is 0.584. The number of hydrogen-bond acceptors (Lipinski definition) is 3. The predicted octanol–water partition coefficient (Wildman–Crippen LogP) is 1.33. The number of carbonyl (C=O) groups is 1. The first-order valence-electron chi connectivity index (χ1n) is 5.35. The molecule has 0 saturated carbocycles.